The van der Waals surface area contributed by atoms with Crippen molar-refractivity contribution in [3.8, 4) is 0 Å². The fraction of sp³-hybridized carbons (Fsp3) is 0.263. The highest BCUT2D eigenvalue weighted by Crippen LogP contribution is 2.23. The van der Waals surface area contributed by atoms with Gasteiger partial charge in [-0.3, -0.25) is 4.79 Å². The second-order valence-corrected chi connectivity index (χ2v) is 6.81. The summed E-state index contributed by atoms with van der Waals surface area (Å²) < 4.78 is 2.02. The number of hydrogen-bond donors (Lipinski definition) is 2. The molecule has 0 bridgehead atoms. The van der Waals surface area contributed by atoms with Crippen LogP contribution in [0.5, 0.6) is 0 Å². The summed E-state index contributed by atoms with van der Waals surface area (Å²) in [5.41, 5.74) is 8.13. The van der Waals surface area contributed by atoms with E-state index in [1.165, 1.54) is 0 Å². The molecule has 1 amide bonds. The average Bonchev–Trinajstić information content (AvgIpc) is 3.07. The van der Waals surface area contributed by atoms with Gasteiger partial charge in [0.1, 0.15) is 5.65 Å². The first-order valence-corrected chi connectivity index (χ1v) is 9.38. The molecule has 0 saturated heterocycles. The second kappa shape index (κ2) is 8.69. The van der Waals surface area contributed by atoms with Gasteiger partial charge >= 0.3 is 0 Å². The molecule has 0 atom stereocenters. The minimum Gasteiger partial charge on any atom is -0.352 e. The number of rotatable bonds is 8. The van der Waals surface area contributed by atoms with Gasteiger partial charge in [-0.05, 0) is 55.8 Å². The van der Waals surface area contributed by atoms with Crippen LogP contribution in [-0.4, -0.2) is 28.4 Å². The van der Waals surface area contributed by atoms with Crippen LogP contribution in [0.3, 0.4) is 0 Å². The molecule has 6 heteroatoms. The minimum absolute atomic E-state index is 0.0334. The van der Waals surface area contributed by atoms with E-state index >= 15 is 0 Å². The number of imidazole rings is 1. The molecule has 25 heavy (non-hydrogen) atoms. The van der Waals surface area contributed by atoms with Crippen LogP contribution in [0.15, 0.2) is 59.8 Å². The number of carbonyl (C=O) groups is 1. The second-order valence-electron chi connectivity index (χ2n) is 5.76. The molecule has 0 saturated carbocycles. The third-order valence-electron chi connectivity index (χ3n) is 3.83. The highest BCUT2D eigenvalue weighted by atomic mass is 32.2. The summed E-state index contributed by atoms with van der Waals surface area (Å²) in [5.74, 6) is 0.765. The van der Waals surface area contributed by atoms with Crippen molar-refractivity contribution < 1.29 is 4.79 Å². The summed E-state index contributed by atoms with van der Waals surface area (Å²) in [7, 11) is 0. The lowest BCUT2D eigenvalue weighted by atomic mass is 10.2. The van der Waals surface area contributed by atoms with Gasteiger partial charge in [-0.2, -0.15) is 0 Å². The maximum Gasteiger partial charge on any atom is 0.251 e. The Morgan fingerprint density at radius 3 is 2.76 bits per heavy atom. The molecule has 1 aromatic carbocycles. The smallest absolute Gasteiger partial charge is 0.251 e. The predicted molar refractivity (Wildman–Crippen MR) is 102 cm³/mol. The summed E-state index contributed by atoms with van der Waals surface area (Å²) in [6.45, 7) is 1.33. The molecule has 0 aliphatic heterocycles. The Morgan fingerprint density at radius 1 is 1.16 bits per heavy atom. The Bertz CT molecular complexity index is 796. The largest absolute Gasteiger partial charge is 0.352 e. The third-order valence-corrected chi connectivity index (χ3v) is 4.88. The van der Waals surface area contributed by atoms with E-state index in [4.69, 9.17) is 5.73 Å². The Balaban J connectivity index is 1.52. The molecule has 3 N–H and O–H groups in total. The maximum absolute atomic E-state index is 12.0. The van der Waals surface area contributed by atoms with Gasteiger partial charge in [0, 0.05) is 35.2 Å². The Morgan fingerprint density at radius 2 is 2.00 bits per heavy atom. The molecule has 2 heterocycles. The van der Waals surface area contributed by atoms with Crippen LogP contribution in [0.2, 0.25) is 0 Å². The number of hydrogen-bond acceptors (Lipinski definition) is 4. The molecule has 5 nitrogen and oxygen atoms in total. The van der Waals surface area contributed by atoms with Crippen LogP contribution in [0, 0.1) is 0 Å². The van der Waals surface area contributed by atoms with E-state index in [-0.39, 0.29) is 5.91 Å². The van der Waals surface area contributed by atoms with Crippen molar-refractivity contribution in [1.29, 1.82) is 0 Å². The predicted octanol–water partition coefficient (Wildman–Crippen LogP) is 3.10. The first-order chi connectivity index (χ1) is 12.3. The molecule has 0 aliphatic carbocycles. The number of benzene rings is 1. The van der Waals surface area contributed by atoms with Crippen LogP contribution in [0.1, 0.15) is 28.9 Å². The van der Waals surface area contributed by atoms with Crippen molar-refractivity contribution in [3.05, 3.63) is 66.1 Å². The number of amides is 1. The molecule has 2 aromatic heterocycles. The van der Waals surface area contributed by atoms with Crippen molar-refractivity contribution >= 4 is 23.3 Å². The number of aromatic nitrogens is 2. The number of thioether (sulfide) groups is 1. The number of pyridine rings is 1. The van der Waals surface area contributed by atoms with Gasteiger partial charge < -0.3 is 15.5 Å². The van der Waals surface area contributed by atoms with Crippen molar-refractivity contribution in [2.24, 2.45) is 5.73 Å². The molecule has 130 valence electrons. The van der Waals surface area contributed by atoms with E-state index in [2.05, 4.69) is 10.3 Å². The number of unbranched alkanes of at least 4 members (excludes halogenated alkanes) is 1. The molecule has 0 unspecified atom stereocenters. The van der Waals surface area contributed by atoms with Crippen LogP contribution < -0.4 is 11.1 Å². The standard InChI is InChI=1S/C19H22N4OS/c20-10-2-3-11-21-19(24)15-6-8-17(9-7-15)25-14-16-13-23-12-4-1-5-18(23)22-16/h1,4-9,12-13H,2-3,10-11,14,20H2,(H,21,24). The van der Waals surface area contributed by atoms with Crippen LogP contribution in [0.25, 0.3) is 5.65 Å². The zero-order valence-electron chi connectivity index (χ0n) is 14.0. The summed E-state index contributed by atoms with van der Waals surface area (Å²) in [6, 6.07) is 13.7. The van der Waals surface area contributed by atoms with E-state index in [9.17, 15) is 4.79 Å². The quantitative estimate of drug-likeness (QED) is 0.482. The maximum atomic E-state index is 12.0. The van der Waals surface area contributed by atoms with Gasteiger partial charge in [-0.1, -0.05) is 6.07 Å². The van der Waals surface area contributed by atoms with E-state index in [0.29, 0.717) is 18.7 Å². The SMILES string of the molecule is NCCCCNC(=O)c1ccc(SCc2cn3ccccc3n2)cc1. The van der Waals surface area contributed by atoms with Gasteiger partial charge in [0.2, 0.25) is 0 Å². The first-order valence-electron chi connectivity index (χ1n) is 8.40. The van der Waals surface area contributed by atoms with Crippen molar-refractivity contribution in [2.45, 2.75) is 23.5 Å². The molecular weight excluding hydrogens is 332 g/mol. The molecule has 0 radical (unpaired) electrons. The summed E-state index contributed by atoms with van der Waals surface area (Å²) in [4.78, 5) is 17.7. The van der Waals surface area contributed by atoms with Gasteiger partial charge in [0.05, 0.1) is 5.69 Å². The fourth-order valence-corrected chi connectivity index (χ4v) is 3.27. The normalized spacial score (nSPS) is 10.9. The summed E-state index contributed by atoms with van der Waals surface area (Å²) in [6.07, 6.45) is 5.89. The topological polar surface area (TPSA) is 72.4 Å². The van der Waals surface area contributed by atoms with E-state index in [0.717, 1.165) is 34.8 Å². The lowest BCUT2D eigenvalue weighted by Gasteiger charge is -2.05. The van der Waals surface area contributed by atoms with Crippen molar-refractivity contribution in [1.82, 2.24) is 14.7 Å². The highest BCUT2D eigenvalue weighted by Gasteiger charge is 2.06. The Hall–Kier alpha value is -2.31. The molecular formula is C19H22N4OS. The van der Waals surface area contributed by atoms with Crippen molar-refractivity contribution in [3.63, 3.8) is 0 Å². The van der Waals surface area contributed by atoms with Crippen molar-refractivity contribution in [2.75, 3.05) is 13.1 Å². The third kappa shape index (κ3) is 4.84. The van der Waals surface area contributed by atoms with Crippen LogP contribution in [-0.2, 0) is 5.75 Å². The molecule has 0 spiro atoms. The zero-order chi connectivity index (χ0) is 17.5. The van der Waals surface area contributed by atoms with E-state index in [1.807, 2.05) is 59.3 Å². The van der Waals surface area contributed by atoms with Gasteiger partial charge in [0.15, 0.2) is 0 Å². The summed E-state index contributed by atoms with van der Waals surface area (Å²) in [5, 5.41) is 2.91. The zero-order valence-corrected chi connectivity index (χ0v) is 14.8. The number of nitrogens with one attached hydrogen (secondary N) is 1. The van der Waals surface area contributed by atoms with E-state index in [1.54, 1.807) is 11.8 Å². The molecule has 3 rings (SSSR count). The highest BCUT2D eigenvalue weighted by molar-refractivity contribution is 7.98. The lowest BCUT2D eigenvalue weighted by Crippen LogP contribution is -2.24. The first kappa shape index (κ1) is 17.5. The Kier molecular flexibility index (Phi) is 6.09. The number of fused-ring (bicyclic) bond motifs is 1. The van der Waals surface area contributed by atoms with Crippen LogP contribution >= 0.6 is 11.8 Å². The van der Waals surface area contributed by atoms with Gasteiger partial charge in [-0.25, -0.2) is 4.98 Å². The number of nitrogens with zero attached hydrogens (tertiary/aromatic N) is 2. The van der Waals surface area contributed by atoms with Crippen LogP contribution in [0.4, 0.5) is 0 Å². The number of carbonyl (C=O) groups excluding carboxylic acids is 1. The monoisotopic (exact) mass is 354 g/mol. The lowest BCUT2D eigenvalue weighted by molar-refractivity contribution is 0.0953. The molecule has 0 aliphatic rings. The Labute approximate surface area is 151 Å². The minimum atomic E-state index is -0.0334. The molecule has 3 aromatic rings. The fourth-order valence-electron chi connectivity index (χ4n) is 2.49. The molecule has 0 fully saturated rings. The van der Waals surface area contributed by atoms with Gasteiger partial charge in [0.25, 0.3) is 5.91 Å². The van der Waals surface area contributed by atoms with Gasteiger partial charge in [-0.15, -0.1) is 11.8 Å². The van der Waals surface area contributed by atoms with E-state index < -0.39 is 0 Å². The summed E-state index contributed by atoms with van der Waals surface area (Å²) >= 11 is 1.71. The average molecular weight is 354 g/mol. The number of nitrogens with two attached hydrogens (primary N) is 1.